The first-order valence-corrected chi connectivity index (χ1v) is 12.0. The fourth-order valence-electron chi connectivity index (χ4n) is 2.83. The number of allylic oxidation sites excluding steroid dienone is 4. The third-order valence-corrected chi connectivity index (χ3v) is 5.19. The van der Waals surface area contributed by atoms with Crippen molar-refractivity contribution in [2.75, 3.05) is 19.0 Å². The van der Waals surface area contributed by atoms with E-state index < -0.39 is 11.7 Å². The molecule has 0 atom stereocenters. The fourth-order valence-corrected chi connectivity index (χ4v) is 3.56. The van der Waals surface area contributed by atoms with E-state index in [1.54, 1.807) is 12.3 Å². The number of ketones is 1. The fraction of sp³-hybridized carbons (Fsp3) is 0.400. The van der Waals surface area contributed by atoms with Gasteiger partial charge >= 0.3 is 0 Å². The molecule has 0 fully saturated rings. The predicted octanol–water partition coefficient (Wildman–Crippen LogP) is 5.96. The highest BCUT2D eigenvalue weighted by molar-refractivity contribution is 8.14. The number of unbranched alkanes of at least 4 members (excludes halogenated alkanes) is 1. The smallest absolute Gasteiger partial charge is 0.298 e. The number of halogens is 1. The van der Waals surface area contributed by atoms with Crippen LogP contribution in [0.25, 0.3) is 10.9 Å². The number of Topliss-reactive ketones (excluding diaryl/α,β-unsaturated/α-hetero) is 1. The first-order valence-electron chi connectivity index (χ1n) is 11.0. The van der Waals surface area contributed by atoms with Gasteiger partial charge < -0.3 is 4.57 Å². The topological polar surface area (TPSA) is 63.5 Å². The largest absolute Gasteiger partial charge is 0.343 e. The summed E-state index contributed by atoms with van der Waals surface area (Å²) in [4.78, 5) is 28.9. The molecular formula is C25H34FN3O2S. The molecule has 1 aliphatic rings. The number of hydrogen-bond acceptors (Lipinski definition) is 4. The molecule has 0 radical (unpaired) electrons. The van der Waals surface area contributed by atoms with Crippen molar-refractivity contribution in [3.05, 3.63) is 60.3 Å². The molecule has 2 aromatic rings. The van der Waals surface area contributed by atoms with E-state index >= 15 is 0 Å². The van der Waals surface area contributed by atoms with E-state index in [0.717, 1.165) is 29.5 Å². The number of nitrogens with zero attached hydrogens (tertiary/aromatic N) is 2. The lowest BCUT2D eigenvalue weighted by Crippen LogP contribution is -2.33. The zero-order chi connectivity index (χ0) is 23.8. The lowest BCUT2D eigenvalue weighted by Gasteiger charge is -2.02. The molecule has 0 saturated carbocycles. The number of carbonyl (C=O) groups excluding carboxylic acids is 2. The average molecular weight is 460 g/mol. The number of aromatic nitrogens is 1. The minimum absolute atomic E-state index is 0.319. The predicted molar refractivity (Wildman–Crippen MR) is 135 cm³/mol. The first-order chi connectivity index (χ1) is 15.6. The quantitative estimate of drug-likeness (QED) is 0.316. The summed E-state index contributed by atoms with van der Waals surface area (Å²) in [5.41, 5.74) is 1.36. The van der Waals surface area contributed by atoms with Crippen LogP contribution in [0.15, 0.2) is 59.8 Å². The zero-order valence-corrected chi connectivity index (χ0v) is 20.3. The van der Waals surface area contributed by atoms with Crippen LogP contribution in [-0.2, 0) is 11.3 Å². The second kappa shape index (κ2) is 16.0. The van der Waals surface area contributed by atoms with Gasteiger partial charge in [0.05, 0.1) is 12.1 Å². The number of carbonyl (C=O) groups is 2. The molecule has 7 heteroatoms. The highest BCUT2D eigenvalue weighted by Gasteiger charge is 2.23. The SMILES string of the molecule is C/C=C/Cn1cc(C(=O)C(=O)NC2=NCCS2)c2ccccc21.CC.CCC/C=C\CF. The van der Waals surface area contributed by atoms with Crippen LogP contribution in [-0.4, -0.2) is 40.4 Å². The van der Waals surface area contributed by atoms with Crippen LogP contribution in [0.2, 0.25) is 0 Å². The minimum Gasteiger partial charge on any atom is -0.343 e. The molecule has 32 heavy (non-hydrogen) atoms. The molecule has 1 amide bonds. The van der Waals surface area contributed by atoms with Crippen LogP contribution < -0.4 is 5.32 Å². The summed E-state index contributed by atoms with van der Waals surface area (Å²) in [6, 6.07) is 7.61. The molecule has 2 heterocycles. The van der Waals surface area contributed by atoms with E-state index in [0.29, 0.717) is 23.8 Å². The van der Waals surface area contributed by atoms with Crippen molar-refractivity contribution in [2.24, 2.45) is 4.99 Å². The number of aliphatic imine (C=N–C) groups is 1. The van der Waals surface area contributed by atoms with Gasteiger partial charge in [-0.05, 0) is 19.4 Å². The van der Waals surface area contributed by atoms with Crippen molar-refractivity contribution in [3.8, 4) is 0 Å². The van der Waals surface area contributed by atoms with E-state index in [9.17, 15) is 14.0 Å². The van der Waals surface area contributed by atoms with Crippen LogP contribution in [0.3, 0.4) is 0 Å². The molecule has 1 aromatic carbocycles. The van der Waals surface area contributed by atoms with Gasteiger partial charge in [0, 0.05) is 29.4 Å². The van der Waals surface area contributed by atoms with Crippen LogP contribution in [0.4, 0.5) is 4.39 Å². The number of fused-ring (bicyclic) bond motifs is 1. The Morgan fingerprint density at radius 2 is 1.97 bits per heavy atom. The average Bonchev–Trinajstić information content (AvgIpc) is 3.47. The maximum Gasteiger partial charge on any atom is 0.298 e. The van der Waals surface area contributed by atoms with Crippen molar-refractivity contribution >= 4 is 39.5 Å². The number of amidine groups is 1. The Bertz CT molecular complexity index is 948. The summed E-state index contributed by atoms with van der Waals surface area (Å²) in [5, 5.41) is 3.91. The molecule has 0 saturated heterocycles. The van der Waals surface area contributed by atoms with Gasteiger partial charge in [-0.2, -0.15) is 0 Å². The Kier molecular flexibility index (Phi) is 13.7. The number of alkyl halides is 1. The third kappa shape index (κ3) is 8.46. The van der Waals surface area contributed by atoms with E-state index in [4.69, 9.17) is 0 Å². The van der Waals surface area contributed by atoms with E-state index in [1.165, 1.54) is 11.8 Å². The van der Waals surface area contributed by atoms with Crippen molar-refractivity contribution in [2.45, 2.75) is 47.1 Å². The summed E-state index contributed by atoms with van der Waals surface area (Å²) < 4.78 is 13.2. The molecule has 0 aliphatic carbocycles. The summed E-state index contributed by atoms with van der Waals surface area (Å²) in [6.45, 7) is 9.04. The molecule has 0 unspecified atom stereocenters. The van der Waals surface area contributed by atoms with Crippen LogP contribution in [0.1, 0.15) is 50.9 Å². The number of amides is 1. The van der Waals surface area contributed by atoms with Crippen molar-refractivity contribution < 1.29 is 14.0 Å². The highest BCUT2D eigenvalue weighted by atomic mass is 32.2. The Balaban J connectivity index is 0.000000488. The summed E-state index contributed by atoms with van der Waals surface area (Å²) in [6.07, 6.45) is 11.2. The standard InChI is InChI=1S/C17H17N3O2S.C6H11F.C2H6/c1-2-3-9-20-11-13(12-6-4-5-7-14(12)20)15(21)16(22)19-17-18-8-10-23-17;1-2-3-4-5-6-7;1-2/h2-7,11H,8-10H2,1H3,(H,18,19,22);4-5H,2-3,6H2,1H3;1-2H3/b3-2+;5-4-;. The Morgan fingerprint density at radius 1 is 1.22 bits per heavy atom. The van der Waals surface area contributed by atoms with E-state index in [1.807, 2.05) is 67.8 Å². The van der Waals surface area contributed by atoms with E-state index in [2.05, 4.69) is 17.2 Å². The maximum atomic E-state index is 12.5. The summed E-state index contributed by atoms with van der Waals surface area (Å²) in [7, 11) is 0. The molecule has 3 rings (SSSR count). The molecule has 174 valence electrons. The number of hydrogen-bond donors (Lipinski definition) is 1. The zero-order valence-electron chi connectivity index (χ0n) is 19.4. The van der Waals surface area contributed by atoms with Gasteiger partial charge in [0.2, 0.25) is 0 Å². The van der Waals surface area contributed by atoms with Gasteiger partial charge in [-0.3, -0.25) is 19.9 Å². The van der Waals surface area contributed by atoms with Gasteiger partial charge in [-0.1, -0.05) is 81.5 Å². The molecule has 0 spiro atoms. The molecule has 1 aromatic heterocycles. The van der Waals surface area contributed by atoms with Gasteiger partial charge in [0.25, 0.3) is 11.7 Å². The van der Waals surface area contributed by atoms with Gasteiger partial charge in [-0.15, -0.1) is 0 Å². The van der Waals surface area contributed by atoms with Gasteiger partial charge in [0.15, 0.2) is 5.17 Å². The molecular weight excluding hydrogens is 425 g/mol. The Morgan fingerprint density at radius 3 is 2.59 bits per heavy atom. The Hall–Kier alpha value is -2.67. The van der Waals surface area contributed by atoms with Crippen molar-refractivity contribution in [1.29, 1.82) is 0 Å². The maximum absolute atomic E-state index is 12.5. The lowest BCUT2D eigenvalue weighted by atomic mass is 10.1. The number of benzene rings is 1. The van der Waals surface area contributed by atoms with Crippen molar-refractivity contribution in [3.63, 3.8) is 0 Å². The molecule has 1 aliphatic heterocycles. The molecule has 1 N–H and O–H groups in total. The van der Waals surface area contributed by atoms with Gasteiger partial charge in [-0.25, -0.2) is 4.39 Å². The second-order valence-electron chi connectivity index (χ2n) is 6.51. The van der Waals surface area contributed by atoms with Crippen LogP contribution >= 0.6 is 11.8 Å². The molecule has 0 bridgehead atoms. The number of thioether (sulfide) groups is 1. The number of nitrogens with one attached hydrogen (secondary N) is 1. The third-order valence-electron chi connectivity index (χ3n) is 4.29. The monoisotopic (exact) mass is 459 g/mol. The second-order valence-corrected chi connectivity index (χ2v) is 7.60. The van der Waals surface area contributed by atoms with E-state index in [-0.39, 0.29) is 6.67 Å². The highest BCUT2D eigenvalue weighted by Crippen LogP contribution is 2.22. The minimum atomic E-state index is -0.632. The lowest BCUT2D eigenvalue weighted by molar-refractivity contribution is -0.115. The van der Waals surface area contributed by atoms with Crippen LogP contribution in [0, 0.1) is 0 Å². The van der Waals surface area contributed by atoms with Gasteiger partial charge in [0.1, 0.15) is 6.67 Å². The Labute approximate surface area is 194 Å². The summed E-state index contributed by atoms with van der Waals surface area (Å²) >= 11 is 1.45. The number of rotatable bonds is 7. The first kappa shape index (κ1) is 27.4. The summed E-state index contributed by atoms with van der Waals surface area (Å²) in [5.74, 6) is -0.324. The van der Waals surface area contributed by atoms with Crippen molar-refractivity contribution in [1.82, 2.24) is 9.88 Å². The normalized spacial score (nSPS) is 12.8. The van der Waals surface area contributed by atoms with Crippen LogP contribution in [0.5, 0.6) is 0 Å². The number of para-hydroxylation sites is 1. The molecule has 5 nitrogen and oxygen atoms in total.